The zero-order chi connectivity index (χ0) is 13.3. The van der Waals surface area contributed by atoms with E-state index in [2.05, 4.69) is 11.8 Å². The molecule has 1 saturated heterocycles. The first-order chi connectivity index (χ1) is 9.22. The minimum Gasteiger partial charge on any atom is -0.347 e. The Bertz CT molecular complexity index is 301. The lowest BCUT2D eigenvalue weighted by atomic mass is 9.82. The number of nitrogens with zero attached hydrogens (tertiary/aromatic N) is 1. The minimum absolute atomic E-state index is 0.276. The molecular formula is C15H28N2O2. The van der Waals surface area contributed by atoms with Crippen LogP contribution in [0, 0.1) is 5.92 Å². The van der Waals surface area contributed by atoms with E-state index in [1.165, 1.54) is 25.8 Å². The SMILES string of the molecule is CCN(CC1CCC1)C1CC2(CCC1N)OCCO2. The van der Waals surface area contributed by atoms with E-state index in [9.17, 15) is 0 Å². The van der Waals surface area contributed by atoms with Crippen molar-refractivity contribution in [1.29, 1.82) is 0 Å². The van der Waals surface area contributed by atoms with Gasteiger partial charge in [-0.25, -0.2) is 0 Å². The fraction of sp³-hybridized carbons (Fsp3) is 1.00. The molecule has 3 fully saturated rings. The van der Waals surface area contributed by atoms with Gasteiger partial charge < -0.3 is 15.2 Å². The Morgan fingerprint density at radius 2 is 1.95 bits per heavy atom. The van der Waals surface area contributed by atoms with Crippen LogP contribution in [-0.2, 0) is 9.47 Å². The maximum absolute atomic E-state index is 6.39. The molecule has 0 bridgehead atoms. The van der Waals surface area contributed by atoms with Crippen LogP contribution in [-0.4, -0.2) is 49.1 Å². The Kier molecular flexibility index (Phi) is 4.13. The maximum atomic E-state index is 6.39. The maximum Gasteiger partial charge on any atom is 0.170 e. The largest absolute Gasteiger partial charge is 0.347 e. The Morgan fingerprint density at radius 1 is 1.21 bits per heavy atom. The van der Waals surface area contributed by atoms with E-state index < -0.39 is 0 Å². The average Bonchev–Trinajstić information content (AvgIpc) is 2.81. The summed E-state index contributed by atoms with van der Waals surface area (Å²) in [6.07, 6.45) is 7.15. The second kappa shape index (κ2) is 5.68. The molecule has 4 heteroatoms. The van der Waals surface area contributed by atoms with Gasteiger partial charge in [0.15, 0.2) is 5.79 Å². The average molecular weight is 268 g/mol. The number of hydrogen-bond donors (Lipinski definition) is 1. The van der Waals surface area contributed by atoms with Crippen LogP contribution < -0.4 is 5.73 Å². The van der Waals surface area contributed by atoms with Crippen LogP contribution in [0.1, 0.15) is 45.4 Å². The highest BCUT2D eigenvalue weighted by molar-refractivity contribution is 4.95. The summed E-state index contributed by atoms with van der Waals surface area (Å²) in [5, 5.41) is 0. The lowest BCUT2D eigenvalue weighted by molar-refractivity contribution is -0.192. The van der Waals surface area contributed by atoms with E-state index in [1.54, 1.807) is 0 Å². The molecule has 0 aromatic carbocycles. The third-order valence-electron chi connectivity index (χ3n) is 5.28. The van der Waals surface area contributed by atoms with E-state index in [-0.39, 0.29) is 11.8 Å². The molecule has 2 saturated carbocycles. The summed E-state index contributed by atoms with van der Waals surface area (Å²) in [5.74, 6) is 0.587. The summed E-state index contributed by atoms with van der Waals surface area (Å²) in [5.41, 5.74) is 6.39. The molecule has 2 N–H and O–H groups in total. The molecule has 1 heterocycles. The molecule has 19 heavy (non-hydrogen) atoms. The van der Waals surface area contributed by atoms with Crippen LogP contribution in [0.5, 0.6) is 0 Å². The summed E-state index contributed by atoms with van der Waals surface area (Å²) in [6.45, 7) is 6.05. The summed E-state index contributed by atoms with van der Waals surface area (Å²) in [7, 11) is 0. The molecule has 0 radical (unpaired) electrons. The summed E-state index contributed by atoms with van der Waals surface area (Å²) in [4.78, 5) is 2.58. The Hall–Kier alpha value is -0.160. The molecule has 1 spiro atoms. The molecule has 1 aliphatic heterocycles. The van der Waals surface area contributed by atoms with Gasteiger partial charge in [0, 0.05) is 31.5 Å². The Labute approximate surface area is 116 Å². The number of hydrogen-bond acceptors (Lipinski definition) is 4. The number of rotatable bonds is 4. The first kappa shape index (κ1) is 13.8. The molecule has 3 rings (SSSR count). The quantitative estimate of drug-likeness (QED) is 0.843. The molecule has 0 aromatic heterocycles. The molecule has 0 aromatic rings. The van der Waals surface area contributed by atoms with Gasteiger partial charge in [-0.15, -0.1) is 0 Å². The highest BCUT2D eigenvalue weighted by atomic mass is 16.7. The van der Waals surface area contributed by atoms with Gasteiger partial charge in [0.25, 0.3) is 0 Å². The smallest absolute Gasteiger partial charge is 0.170 e. The fourth-order valence-electron chi connectivity index (χ4n) is 3.82. The van der Waals surface area contributed by atoms with Crippen molar-refractivity contribution in [2.45, 2.75) is 63.3 Å². The van der Waals surface area contributed by atoms with Crippen molar-refractivity contribution in [3.63, 3.8) is 0 Å². The van der Waals surface area contributed by atoms with Gasteiger partial charge in [0.2, 0.25) is 0 Å². The molecule has 0 amide bonds. The molecular weight excluding hydrogens is 240 g/mol. The predicted molar refractivity (Wildman–Crippen MR) is 74.8 cm³/mol. The van der Waals surface area contributed by atoms with Crippen molar-refractivity contribution in [2.24, 2.45) is 11.7 Å². The lowest BCUT2D eigenvalue weighted by Crippen LogP contribution is -2.57. The number of ether oxygens (including phenoxy) is 2. The van der Waals surface area contributed by atoms with Crippen LogP contribution >= 0.6 is 0 Å². The minimum atomic E-state index is -0.312. The van der Waals surface area contributed by atoms with Gasteiger partial charge in [-0.1, -0.05) is 13.3 Å². The molecule has 3 aliphatic rings. The zero-order valence-corrected chi connectivity index (χ0v) is 12.1. The van der Waals surface area contributed by atoms with E-state index >= 15 is 0 Å². The molecule has 2 atom stereocenters. The first-order valence-corrected chi connectivity index (χ1v) is 8.00. The van der Waals surface area contributed by atoms with Crippen LogP contribution in [0.3, 0.4) is 0 Å². The molecule has 2 unspecified atom stereocenters. The third kappa shape index (κ3) is 2.82. The monoisotopic (exact) mass is 268 g/mol. The second-order valence-electron chi connectivity index (χ2n) is 6.47. The second-order valence-corrected chi connectivity index (χ2v) is 6.47. The first-order valence-electron chi connectivity index (χ1n) is 8.00. The zero-order valence-electron chi connectivity index (χ0n) is 12.1. The summed E-state index contributed by atoms with van der Waals surface area (Å²) < 4.78 is 11.8. The van der Waals surface area contributed by atoms with Crippen LogP contribution in [0.25, 0.3) is 0 Å². The van der Waals surface area contributed by atoms with Crippen LogP contribution in [0.15, 0.2) is 0 Å². The topological polar surface area (TPSA) is 47.7 Å². The van der Waals surface area contributed by atoms with Crippen LogP contribution in [0.4, 0.5) is 0 Å². The number of nitrogens with two attached hydrogens (primary N) is 1. The third-order valence-corrected chi connectivity index (χ3v) is 5.28. The van der Waals surface area contributed by atoms with Crippen molar-refractivity contribution in [2.75, 3.05) is 26.3 Å². The normalized spacial score (nSPS) is 34.9. The van der Waals surface area contributed by atoms with Crippen molar-refractivity contribution < 1.29 is 9.47 Å². The summed E-state index contributed by atoms with van der Waals surface area (Å²) >= 11 is 0. The van der Waals surface area contributed by atoms with Gasteiger partial charge >= 0.3 is 0 Å². The van der Waals surface area contributed by atoms with Gasteiger partial charge in [0.05, 0.1) is 13.2 Å². The standard InChI is InChI=1S/C15H28N2O2/c1-2-17(11-12-4-3-5-12)14-10-15(7-6-13(14)16)18-8-9-19-15/h12-14H,2-11,16H2,1H3. The van der Waals surface area contributed by atoms with E-state index in [4.69, 9.17) is 15.2 Å². The van der Waals surface area contributed by atoms with E-state index in [1.807, 2.05) is 0 Å². The van der Waals surface area contributed by atoms with E-state index in [0.717, 1.165) is 44.9 Å². The van der Waals surface area contributed by atoms with Crippen LogP contribution in [0.2, 0.25) is 0 Å². The van der Waals surface area contributed by atoms with Crippen molar-refractivity contribution in [3.8, 4) is 0 Å². The highest BCUT2D eigenvalue weighted by Crippen LogP contribution is 2.38. The predicted octanol–water partition coefficient (Wildman–Crippen LogP) is 1.73. The van der Waals surface area contributed by atoms with Gasteiger partial charge in [-0.3, -0.25) is 4.90 Å². The van der Waals surface area contributed by atoms with E-state index in [0.29, 0.717) is 6.04 Å². The van der Waals surface area contributed by atoms with Crippen molar-refractivity contribution in [3.05, 3.63) is 0 Å². The Balaban J connectivity index is 1.64. The highest BCUT2D eigenvalue weighted by Gasteiger charge is 2.45. The van der Waals surface area contributed by atoms with Gasteiger partial charge in [-0.2, -0.15) is 0 Å². The van der Waals surface area contributed by atoms with Gasteiger partial charge in [-0.05, 0) is 31.7 Å². The molecule has 4 nitrogen and oxygen atoms in total. The number of likely N-dealkylation sites (N-methyl/N-ethyl adjacent to an activating group) is 1. The van der Waals surface area contributed by atoms with Crippen molar-refractivity contribution in [1.82, 2.24) is 4.90 Å². The molecule has 110 valence electrons. The van der Waals surface area contributed by atoms with Crippen molar-refractivity contribution >= 4 is 0 Å². The lowest BCUT2D eigenvalue weighted by Gasteiger charge is -2.46. The fourth-order valence-corrected chi connectivity index (χ4v) is 3.82. The molecule has 2 aliphatic carbocycles. The van der Waals surface area contributed by atoms with Gasteiger partial charge in [0.1, 0.15) is 0 Å². The summed E-state index contributed by atoms with van der Waals surface area (Å²) in [6, 6.07) is 0.705. The Morgan fingerprint density at radius 3 is 2.53 bits per heavy atom.